The number of halogens is 1. The van der Waals surface area contributed by atoms with Gasteiger partial charge < -0.3 is 4.74 Å². The van der Waals surface area contributed by atoms with Gasteiger partial charge in [0.15, 0.2) is 0 Å². The minimum absolute atomic E-state index is 0.490. The molecule has 2 aromatic rings. The maximum Gasteiger partial charge on any atom is 0.149 e. The molecule has 0 unspecified atom stereocenters. The van der Waals surface area contributed by atoms with Gasteiger partial charge in [-0.2, -0.15) is 0 Å². The molecule has 0 radical (unpaired) electrons. The molecular weight excluding hydrogens is 263 g/mol. The van der Waals surface area contributed by atoms with Crippen molar-refractivity contribution < 1.29 is 9.13 Å². The van der Waals surface area contributed by atoms with Crippen molar-refractivity contribution in [1.82, 2.24) is 0 Å². The van der Waals surface area contributed by atoms with E-state index in [1.165, 1.54) is 5.56 Å². The average Bonchev–Trinajstić information content (AvgIpc) is 2.67. The fourth-order valence-electron chi connectivity index (χ4n) is 3.45. The largest absolute Gasteiger partial charge is 0.363 e. The molecule has 3 rings (SSSR count). The maximum atomic E-state index is 15.2. The number of hydrogen-bond acceptors (Lipinski definition) is 1. The van der Waals surface area contributed by atoms with Crippen molar-refractivity contribution >= 4 is 0 Å². The lowest BCUT2D eigenvalue weighted by atomic mass is 9.80. The summed E-state index contributed by atoms with van der Waals surface area (Å²) in [5.74, 6) is 0. The van der Waals surface area contributed by atoms with E-state index in [0.29, 0.717) is 13.0 Å². The van der Waals surface area contributed by atoms with Crippen molar-refractivity contribution in [3.05, 3.63) is 71.3 Å². The van der Waals surface area contributed by atoms with Gasteiger partial charge in [-0.05, 0) is 42.9 Å². The molecule has 0 spiro atoms. The van der Waals surface area contributed by atoms with Crippen LogP contribution in [0.4, 0.5) is 4.39 Å². The second kappa shape index (κ2) is 5.98. The van der Waals surface area contributed by atoms with Gasteiger partial charge in [-0.15, -0.1) is 0 Å². The molecule has 0 amide bonds. The maximum absolute atomic E-state index is 15.2. The number of aryl methyl sites for hydroxylation is 1. The van der Waals surface area contributed by atoms with E-state index in [4.69, 9.17) is 4.74 Å². The minimum Gasteiger partial charge on any atom is -0.363 e. The Morgan fingerprint density at radius 2 is 1.81 bits per heavy atom. The van der Waals surface area contributed by atoms with Crippen LogP contribution in [0.25, 0.3) is 0 Å². The third kappa shape index (κ3) is 2.38. The molecular formula is C19H21FO. The van der Waals surface area contributed by atoms with Crippen LogP contribution >= 0.6 is 0 Å². The van der Waals surface area contributed by atoms with E-state index in [-0.39, 0.29) is 0 Å². The zero-order valence-electron chi connectivity index (χ0n) is 12.4. The summed E-state index contributed by atoms with van der Waals surface area (Å²) in [6.45, 7) is 2.43. The fraction of sp³-hybridized carbons (Fsp3) is 0.368. The molecule has 0 aromatic heterocycles. The number of fused-ring (bicyclic) bond motifs is 1. The van der Waals surface area contributed by atoms with Crippen LogP contribution in [0.15, 0.2) is 54.6 Å². The Morgan fingerprint density at radius 1 is 1.10 bits per heavy atom. The summed E-state index contributed by atoms with van der Waals surface area (Å²) in [6, 6.07) is 18.0. The van der Waals surface area contributed by atoms with Crippen LogP contribution in [0.2, 0.25) is 0 Å². The molecule has 21 heavy (non-hydrogen) atoms. The average molecular weight is 284 g/mol. The second-order valence-corrected chi connectivity index (χ2v) is 5.55. The van der Waals surface area contributed by atoms with Crippen molar-refractivity contribution in [3.8, 4) is 0 Å². The summed E-state index contributed by atoms with van der Waals surface area (Å²) >= 11 is 0. The summed E-state index contributed by atoms with van der Waals surface area (Å²) in [7, 11) is 0. The molecule has 0 N–H and O–H groups in total. The molecule has 0 fully saturated rings. The topological polar surface area (TPSA) is 9.23 Å². The Hall–Kier alpha value is -1.67. The summed E-state index contributed by atoms with van der Waals surface area (Å²) in [5.41, 5.74) is 2.13. The van der Waals surface area contributed by atoms with Crippen molar-refractivity contribution in [1.29, 1.82) is 0 Å². The Morgan fingerprint density at radius 3 is 2.57 bits per heavy atom. The van der Waals surface area contributed by atoms with E-state index in [0.717, 1.165) is 24.0 Å². The van der Waals surface area contributed by atoms with Gasteiger partial charge in [-0.3, -0.25) is 0 Å². The smallest absolute Gasteiger partial charge is 0.149 e. The Labute approximate surface area is 125 Å². The van der Waals surface area contributed by atoms with Gasteiger partial charge in [0.1, 0.15) is 11.8 Å². The van der Waals surface area contributed by atoms with Gasteiger partial charge in [0.05, 0.1) is 0 Å². The Kier molecular flexibility index (Phi) is 4.07. The van der Waals surface area contributed by atoms with E-state index in [1.54, 1.807) is 0 Å². The highest BCUT2D eigenvalue weighted by atomic mass is 19.1. The Bertz CT molecular complexity index is 596. The van der Waals surface area contributed by atoms with E-state index in [2.05, 4.69) is 6.07 Å². The number of alkyl halides is 1. The lowest BCUT2D eigenvalue weighted by Gasteiger charge is -2.37. The highest BCUT2D eigenvalue weighted by molar-refractivity contribution is 5.44. The number of rotatable bonds is 3. The van der Waals surface area contributed by atoms with Crippen molar-refractivity contribution in [2.24, 2.45) is 0 Å². The molecule has 110 valence electrons. The molecule has 0 aliphatic heterocycles. The highest BCUT2D eigenvalue weighted by Crippen LogP contribution is 2.44. The van der Waals surface area contributed by atoms with E-state index < -0.39 is 11.8 Å². The molecule has 2 aromatic carbocycles. The monoisotopic (exact) mass is 284 g/mol. The first-order valence-corrected chi connectivity index (χ1v) is 7.71. The van der Waals surface area contributed by atoms with Crippen LogP contribution in [0.1, 0.15) is 36.5 Å². The van der Waals surface area contributed by atoms with Crippen LogP contribution in [-0.4, -0.2) is 12.8 Å². The minimum atomic E-state index is -1.02. The number of ether oxygens (including phenoxy) is 1. The standard InChI is InChI=1S/C19H21FO/c1-2-21-19(16-11-4-3-5-12-16)17-13-7-6-9-15(17)10-8-14-18(19)20/h3-7,9,11-13,18H,2,8,10,14H2,1H3/t18-,19-/m1/s1. The third-order valence-electron chi connectivity index (χ3n) is 4.34. The first-order valence-electron chi connectivity index (χ1n) is 7.71. The van der Waals surface area contributed by atoms with Gasteiger partial charge in [0.25, 0.3) is 0 Å². The van der Waals surface area contributed by atoms with Crippen LogP contribution in [0, 0.1) is 0 Å². The zero-order valence-corrected chi connectivity index (χ0v) is 12.4. The van der Waals surface area contributed by atoms with E-state index in [1.807, 2.05) is 55.5 Å². The van der Waals surface area contributed by atoms with Crippen LogP contribution in [0.5, 0.6) is 0 Å². The molecule has 0 heterocycles. The second-order valence-electron chi connectivity index (χ2n) is 5.55. The highest BCUT2D eigenvalue weighted by Gasteiger charge is 2.45. The molecule has 0 saturated carbocycles. The van der Waals surface area contributed by atoms with Gasteiger partial charge in [-0.1, -0.05) is 54.6 Å². The molecule has 1 aliphatic rings. The third-order valence-corrected chi connectivity index (χ3v) is 4.34. The molecule has 2 atom stereocenters. The van der Waals surface area contributed by atoms with Gasteiger partial charge in [0, 0.05) is 6.61 Å². The SMILES string of the molecule is CCO[C@]1(c2ccccc2)c2ccccc2CCC[C@H]1F. The van der Waals surface area contributed by atoms with Crippen molar-refractivity contribution in [2.75, 3.05) is 6.61 Å². The van der Waals surface area contributed by atoms with Crippen LogP contribution in [-0.2, 0) is 16.8 Å². The molecule has 1 nitrogen and oxygen atoms in total. The van der Waals surface area contributed by atoms with Crippen LogP contribution in [0.3, 0.4) is 0 Å². The van der Waals surface area contributed by atoms with Crippen LogP contribution < -0.4 is 0 Å². The summed E-state index contributed by atoms with van der Waals surface area (Å²) in [6.07, 6.45) is 1.28. The lowest BCUT2D eigenvalue weighted by Crippen LogP contribution is -2.41. The van der Waals surface area contributed by atoms with E-state index in [9.17, 15) is 0 Å². The normalized spacial score (nSPS) is 25.1. The summed E-state index contributed by atoms with van der Waals surface area (Å²) in [5, 5.41) is 0. The molecule has 0 saturated heterocycles. The fourth-order valence-corrected chi connectivity index (χ4v) is 3.45. The zero-order chi connectivity index (χ0) is 14.7. The number of hydrogen-bond donors (Lipinski definition) is 0. The molecule has 1 aliphatic carbocycles. The predicted molar refractivity (Wildman–Crippen MR) is 83.1 cm³/mol. The van der Waals surface area contributed by atoms with Crippen molar-refractivity contribution in [3.63, 3.8) is 0 Å². The Balaban J connectivity index is 2.25. The summed E-state index contributed by atoms with van der Waals surface area (Å²) < 4.78 is 21.3. The van der Waals surface area contributed by atoms with Gasteiger partial charge in [-0.25, -0.2) is 4.39 Å². The first-order chi connectivity index (χ1) is 10.3. The number of benzene rings is 2. The lowest BCUT2D eigenvalue weighted by molar-refractivity contribution is -0.0689. The van der Waals surface area contributed by atoms with Gasteiger partial charge >= 0.3 is 0 Å². The quantitative estimate of drug-likeness (QED) is 0.746. The first kappa shape index (κ1) is 14.3. The summed E-state index contributed by atoms with van der Waals surface area (Å²) in [4.78, 5) is 0. The molecule has 2 heteroatoms. The van der Waals surface area contributed by atoms with E-state index >= 15 is 4.39 Å². The molecule has 0 bridgehead atoms. The van der Waals surface area contributed by atoms with Crippen molar-refractivity contribution in [2.45, 2.75) is 38.0 Å². The van der Waals surface area contributed by atoms with Gasteiger partial charge in [0.2, 0.25) is 0 Å². The predicted octanol–water partition coefficient (Wildman–Crippen LogP) is 4.64.